The largest absolute Gasteiger partial charge is 0.388 e. The number of hydrogen-bond donors (Lipinski definition) is 1. The highest BCUT2D eigenvalue weighted by molar-refractivity contribution is 14.1. The van der Waals surface area contributed by atoms with Crippen LogP contribution >= 0.6 is 22.6 Å². The Morgan fingerprint density at radius 1 is 1.47 bits per heavy atom. The van der Waals surface area contributed by atoms with Crippen LogP contribution < -0.4 is 0 Å². The number of rotatable bonds is 2. The molecule has 0 aromatic heterocycles. The lowest BCUT2D eigenvalue weighted by molar-refractivity contribution is -0.157. The van der Waals surface area contributed by atoms with Crippen LogP contribution in [0.5, 0.6) is 0 Å². The van der Waals surface area contributed by atoms with Crippen LogP contribution in [0.15, 0.2) is 0 Å². The molecular weight excluding hydrogens is 305 g/mol. The van der Waals surface area contributed by atoms with Crippen molar-refractivity contribution in [2.75, 3.05) is 6.54 Å². The Balaban J connectivity index is 2.04. The fourth-order valence-electron chi connectivity index (χ4n) is 2.56. The number of halogens is 1. The van der Waals surface area contributed by atoms with Gasteiger partial charge >= 0.3 is 0 Å². The molecule has 0 aromatic rings. The maximum atomic E-state index is 11.7. The average Bonchev–Trinajstić information content (AvgIpc) is 2.60. The van der Waals surface area contributed by atoms with E-state index in [1.54, 1.807) is 0 Å². The van der Waals surface area contributed by atoms with E-state index in [4.69, 9.17) is 0 Å². The van der Waals surface area contributed by atoms with Crippen LogP contribution in [-0.4, -0.2) is 37.5 Å². The zero-order valence-corrected chi connectivity index (χ0v) is 11.5. The molecular formula is C11H18INO2. The molecule has 1 atom stereocenters. The fraction of sp³-hybridized carbons (Fsp3) is 0.909. The van der Waals surface area contributed by atoms with Crippen LogP contribution in [0.3, 0.4) is 0 Å². The van der Waals surface area contributed by atoms with E-state index in [0.29, 0.717) is 6.54 Å². The molecule has 1 aliphatic heterocycles. The quantitative estimate of drug-likeness (QED) is 0.478. The molecule has 0 aromatic carbocycles. The van der Waals surface area contributed by atoms with Crippen molar-refractivity contribution in [3.63, 3.8) is 0 Å². The summed E-state index contributed by atoms with van der Waals surface area (Å²) in [6.45, 7) is 4.67. The van der Waals surface area contributed by atoms with Gasteiger partial charge in [-0.05, 0) is 26.7 Å². The minimum Gasteiger partial charge on any atom is -0.388 e. The maximum absolute atomic E-state index is 11.7. The van der Waals surface area contributed by atoms with Crippen LogP contribution in [0.25, 0.3) is 0 Å². The molecule has 0 spiro atoms. The summed E-state index contributed by atoms with van der Waals surface area (Å²) < 4.78 is 0.0695. The highest BCUT2D eigenvalue weighted by Crippen LogP contribution is 2.41. The first-order valence-corrected chi connectivity index (χ1v) is 6.79. The summed E-state index contributed by atoms with van der Waals surface area (Å²) in [5.41, 5.74) is -0.695. The second-order valence-electron chi connectivity index (χ2n) is 5.37. The lowest BCUT2D eigenvalue weighted by atomic mass is 9.85. The SMILES string of the molecule is CC1(C)C(I)C(=O)N1CC1(O)CCCC1. The number of β-amino-alcohol motifs (C(OH)–C–C–N with tert-alkyl or cyclic N) is 1. The van der Waals surface area contributed by atoms with Gasteiger partial charge in [0.1, 0.15) is 3.92 Å². The summed E-state index contributed by atoms with van der Waals surface area (Å²) in [4.78, 5) is 13.6. The van der Waals surface area contributed by atoms with Crippen LogP contribution in [0, 0.1) is 0 Å². The number of hydrogen-bond acceptors (Lipinski definition) is 2. The van der Waals surface area contributed by atoms with Crippen molar-refractivity contribution in [1.82, 2.24) is 4.90 Å². The third-order valence-electron chi connectivity index (χ3n) is 3.79. The van der Waals surface area contributed by atoms with E-state index in [0.717, 1.165) is 25.7 Å². The molecule has 15 heavy (non-hydrogen) atoms. The highest BCUT2D eigenvalue weighted by Gasteiger charge is 2.54. The van der Waals surface area contributed by atoms with Crippen molar-refractivity contribution in [3.8, 4) is 0 Å². The number of β-lactam (4-membered cyclic amide) rings is 1. The van der Waals surface area contributed by atoms with Crippen molar-refractivity contribution < 1.29 is 9.90 Å². The number of alkyl halides is 1. The monoisotopic (exact) mass is 323 g/mol. The Morgan fingerprint density at radius 3 is 2.47 bits per heavy atom. The summed E-state index contributed by atoms with van der Waals surface area (Å²) in [7, 11) is 0. The Hall–Kier alpha value is 0.160. The van der Waals surface area contributed by atoms with E-state index in [2.05, 4.69) is 36.4 Å². The van der Waals surface area contributed by atoms with Crippen molar-refractivity contribution >= 4 is 28.5 Å². The lowest BCUT2D eigenvalue weighted by Gasteiger charge is -2.53. The number of nitrogens with zero attached hydrogens (tertiary/aromatic N) is 1. The summed E-state index contributed by atoms with van der Waals surface area (Å²) in [5.74, 6) is 0.181. The lowest BCUT2D eigenvalue weighted by Crippen LogP contribution is -2.71. The first kappa shape index (κ1) is 11.6. The van der Waals surface area contributed by atoms with E-state index < -0.39 is 5.60 Å². The Morgan fingerprint density at radius 2 is 2.00 bits per heavy atom. The summed E-state index contributed by atoms with van der Waals surface area (Å²) in [5, 5.41) is 10.3. The normalized spacial score (nSPS) is 32.9. The predicted octanol–water partition coefficient (Wildman–Crippen LogP) is 1.72. The molecule has 0 radical (unpaired) electrons. The van der Waals surface area contributed by atoms with Crippen molar-refractivity contribution in [2.24, 2.45) is 0 Å². The standard InChI is InChI=1S/C11H18INO2/c1-10(2)8(12)9(14)13(10)7-11(15)5-3-4-6-11/h8,15H,3-7H2,1-2H3. The molecule has 1 aliphatic carbocycles. The third-order valence-corrected chi connectivity index (χ3v) is 5.84. The molecule has 1 heterocycles. The third kappa shape index (κ3) is 1.79. The van der Waals surface area contributed by atoms with Gasteiger partial charge in [-0.25, -0.2) is 0 Å². The molecule has 2 aliphatic rings. The summed E-state index contributed by atoms with van der Waals surface area (Å²) in [6, 6.07) is 0. The number of likely N-dealkylation sites (tertiary alicyclic amines) is 1. The van der Waals surface area contributed by atoms with Crippen molar-refractivity contribution in [1.29, 1.82) is 0 Å². The summed E-state index contributed by atoms with van der Waals surface area (Å²) in [6.07, 6.45) is 3.87. The Bertz CT molecular complexity index is 284. The van der Waals surface area contributed by atoms with E-state index in [-0.39, 0.29) is 15.4 Å². The fourth-order valence-corrected chi connectivity index (χ4v) is 3.23. The van der Waals surface area contributed by atoms with E-state index in [1.807, 2.05) is 4.90 Å². The van der Waals surface area contributed by atoms with Crippen LogP contribution in [0.1, 0.15) is 39.5 Å². The van der Waals surface area contributed by atoms with Gasteiger partial charge in [0.25, 0.3) is 0 Å². The Kier molecular flexibility index (Phi) is 2.78. The van der Waals surface area contributed by atoms with Gasteiger partial charge in [-0.1, -0.05) is 35.4 Å². The first-order chi connectivity index (χ1) is 6.87. The number of amides is 1. The molecule has 86 valence electrons. The molecule has 2 fully saturated rings. The smallest absolute Gasteiger partial charge is 0.238 e. The molecule has 1 saturated carbocycles. The van der Waals surface area contributed by atoms with Gasteiger partial charge in [0.05, 0.1) is 17.7 Å². The highest BCUT2D eigenvalue weighted by atomic mass is 127. The van der Waals surface area contributed by atoms with Gasteiger partial charge in [-0.2, -0.15) is 0 Å². The summed E-state index contributed by atoms with van der Waals surface area (Å²) >= 11 is 2.20. The topological polar surface area (TPSA) is 40.5 Å². The second kappa shape index (κ2) is 3.58. The average molecular weight is 323 g/mol. The minimum absolute atomic E-state index is 0.0695. The van der Waals surface area contributed by atoms with Crippen molar-refractivity contribution in [2.45, 2.75) is 54.6 Å². The number of carbonyl (C=O) groups excluding carboxylic acids is 1. The van der Waals surface area contributed by atoms with E-state index in [9.17, 15) is 9.90 Å². The first-order valence-electron chi connectivity index (χ1n) is 5.55. The van der Waals surface area contributed by atoms with Crippen LogP contribution in [0.2, 0.25) is 0 Å². The number of aliphatic hydroxyl groups is 1. The molecule has 1 saturated heterocycles. The zero-order chi connectivity index (χ0) is 11.3. The van der Waals surface area contributed by atoms with Gasteiger partial charge in [0.2, 0.25) is 5.91 Å². The predicted molar refractivity (Wildman–Crippen MR) is 67.0 cm³/mol. The van der Waals surface area contributed by atoms with Gasteiger partial charge in [0, 0.05) is 0 Å². The minimum atomic E-state index is -0.607. The zero-order valence-electron chi connectivity index (χ0n) is 9.29. The van der Waals surface area contributed by atoms with E-state index >= 15 is 0 Å². The van der Waals surface area contributed by atoms with Crippen LogP contribution in [-0.2, 0) is 4.79 Å². The molecule has 1 unspecified atom stereocenters. The molecule has 1 amide bonds. The van der Waals surface area contributed by atoms with Crippen LogP contribution in [0.4, 0.5) is 0 Å². The van der Waals surface area contributed by atoms with Gasteiger partial charge in [0.15, 0.2) is 0 Å². The van der Waals surface area contributed by atoms with Gasteiger partial charge in [-0.3, -0.25) is 4.79 Å². The van der Waals surface area contributed by atoms with Crippen molar-refractivity contribution in [3.05, 3.63) is 0 Å². The Labute approximate surface area is 104 Å². The second-order valence-corrected chi connectivity index (χ2v) is 6.62. The van der Waals surface area contributed by atoms with Gasteiger partial charge < -0.3 is 10.0 Å². The molecule has 0 bridgehead atoms. The van der Waals surface area contributed by atoms with Gasteiger partial charge in [-0.15, -0.1) is 0 Å². The van der Waals surface area contributed by atoms with E-state index in [1.165, 1.54) is 0 Å². The number of carbonyl (C=O) groups is 1. The molecule has 2 rings (SSSR count). The maximum Gasteiger partial charge on any atom is 0.238 e. The molecule has 1 N–H and O–H groups in total. The molecule has 3 nitrogen and oxygen atoms in total. The molecule has 4 heteroatoms.